The van der Waals surface area contributed by atoms with E-state index >= 15 is 0 Å². The van der Waals surface area contributed by atoms with E-state index in [1.165, 1.54) is 32.4 Å². The van der Waals surface area contributed by atoms with Crippen molar-refractivity contribution in [1.82, 2.24) is 9.55 Å². The van der Waals surface area contributed by atoms with E-state index in [1.807, 2.05) is 0 Å². The Labute approximate surface area is 183 Å². The highest BCUT2D eigenvalue weighted by Gasteiger charge is 2.31. The molecule has 0 aliphatic carbocycles. The monoisotopic (exact) mass is 469 g/mol. The number of nitrogens with zero attached hydrogens (tertiary/aromatic N) is 1. The molecule has 3 rings (SSSR count). The lowest BCUT2D eigenvalue weighted by Crippen LogP contribution is -2.38. The minimum absolute atomic E-state index is 0.0700. The second-order valence-corrected chi connectivity index (χ2v) is 6.74. The van der Waals surface area contributed by atoms with Crippen LogP contribution in [-0.2, 0) is 6.18 Å². The van der Waals surface area contributed by atoms with E-state index in [0.29, 0.717) is 16.4 Å². The molecule has 0 unspecified atom stereocenters. The molecule has 3 aromatic rings. The molecule has 8 nitrogen and oxygen atoms in total. The Morgan fingerprint density at radius 2 is 1.75 bits per heavy atom. The number of halogens is 4. The van der Waals surface area contributed by atoms with Gasteiger partial charge in [-0.3, -0.25) is 9.59 Å². The Kier molecular flexibility index (Phi) is 6.30. The van der Waals surface area contributed by atoms with Gasteiger partial charge in [-0.15, -0.1) is 0 Å². The van der Waals surface area contributed by atoms with Gasteiger partial charge >= 0.3 is 11.9 Å². The number of ether oxygens (including phenoxy) is 2. The van der Waals surface area contributed by atoms with Gasteiger partial charge in [0, 0.05) is 12.3 Å². The van der Waals surface area contributed by atoms with E-state index < -0.39 is 34.5 Å². The fraction of sp³-hybridized carbons (Fsp3) is 0.150. The van der Waals surface area contributed by atoms with Crippen LogP contribution in [0.1, 0.15) is 15.9 Å². The van der Waals surface area contributed by atoms with Crippen molar-refractivity contribution in [3.05, 3.63) is 79.6 Å². The number of carbonyl (C=O) groups is 1. The van der Waals surface area contributed by atoms with Crippen molar-refractivity contribution in [2.45, 2.75) is 6.18 Å². The molecule has 1 heterocycles. The summed E-state index contributed by atoms with van der Waals surface area (Å²) in [6.07, 6.45) is -3.80. The molecule has 1 amide bonds. The summed E-state index contributed by atoms with van der Waals surface area (Å²) in [7, 11) is 2.76. The lowest BCUT2D eigenvalue weighted by molar-refractivity contribution is -0.137. The van der Waals surface area contributed by atoms with Crippen molar-refractivity contribution in [3.63, 3.8) is 0 Å². The van der Waals surface area contributed by atoms with E-state index in [2.05, 4.69) is 10.3 Å². The molecule has 2 N–H and O–H groups in total. The Hall–Kier alpha value is -3.73. The standard InChI is InChI=1S/C20H15ClF3N3O5/c1-31-15-6-4-11(8-16(15)32-2)27-18(29)12(9-25-19(27)30)17(28)26-14-7-10(20(22,23)24)3-5-13(14)21/h3-9H,1-2H3,(H,25,30)(H,26,28). The maximum absolute atomic E-state index is 13.0. The molecular weight excluding hydrogens is 455 g/mol. The largest absolute Gasteiger partial charge is 0.493 e. The van der Waals surface area contributed by atoms with Gasteiger partial charge < -0.3 is 19.8 Å². The first kappa shape index (κ1) is 22.9. The average Bonchev–Trinajstić information content (AvgIpc) is 2.74. The lowest BCUT2D eigenvalue weighted by atomic mass is 10.2. The Balaban J connectivity index is 2.04. The van der Waals surface area contributed by atoms with Gasteiger partial charge in [0.2, 0.25) is 0 Å². The van der Waals surface area contributed by atoms with Crippen LogP contribution < -0.4 is 26.0 Å². The highest BCUT2D eigenvalue weighted by molar-refractivity contribution is 6.34. The van der Waals surface area contributed by atoms with Gasteiger partial charge in [-0.1, -0.05) is 11.6 Å². The third-order valence-corrected chi connectivity index (χ3v) is 4.72. The number of methoxy groups -OCH3 is 2. The van der Waals surface area contributed by atoms with E-state index in [1.54, 1.807) is 0 Å². The molecule has 0 radical (unpaired) electrons. The SMILES string of the molecule is COc1ccc(-n2c(=O)[nH]cc(C(=O)Nc3cc(C(F)(F)F)ccc3Cl)c2=O)cc1OC. The third-order valence-electron chi connectivity index (χ3n) is 4.39. The van der Waals surface area contributed by atoms with E-state index in [0.717, 1.165) is 18.3 Å². The number of hydrogen-bond acceptors (Lipinski definition) is 5. The number of aromatic nitrogens is 2. The normalized spacial score (nSPS) is 11.2. The molecule has 0 fully saturated rings. The number of anilines is 1. The van der Waals surface area contributed by atoms with Crippen LogP contribution in [0, 0.1) is 0 Å². The molecule has 0 aliphatic heterocycles. The second kappa shape index (κ2) is 8.79. The first-order valence-corrected chi connectivity index (χ1v) is 9.20. The number of alkyl halides is 3. The third kappa shape index (κ3) is 4.47. The first-order valence-electron chi connectivity index (χ1n) is 8.82. The zero-order chi connectivity index (χ0) is 23.6. The zero-order valence-electron chi connectivity index (χ0n) is 16.5. The smallest absolute Gasteiger partial charge is 0.416 e. The van der Waals surface area contributed by atoms with Crippen molar-refractivity contribution < 1.29 is 27.4 Å². The summed E-state index contributed by atoms with van der Waals surface area (Å²) in [5.74, 6) is -0.502. The van der Waals surface area contributed by atoms with Crippen LogP contribution in [-0.4, -0.2) is 29.7 Å². The molecule has 2 aromatic carbocycles. The van der Waals surface area contributed by atoms with Gasteiger partial charge in [0.15, 0.2) is 11.5 Å². The van der Waals surface area contributed by atoms with Gasteiger partial charge in [-0.25, -0.2) is 9.36 Å². The fourth-order valence-corrected chi connectivity index (χ4v) is 2.99. The van der Waals surface area contributed by atoms with Crippen LogP contribution in [0.5, 0.6) is 11.5 Å². The van der Waals surface area contributed by atoms with Crippen LogP contribution in [0.2, 0.25) is 5.02 Å². The number of carbonyl (C=O) groups excluding carboxylic acids is 1. The van der Waals surface area contributed by atoms with Gasteiger partial charge in [0.25, 0.3) is 11.5 Å². The number of aromatic amines is 1. The van der Waals surface area contributed by atoms with Gasteiger partial charge in [-0.05, 0) is 30.3 Å². The van der Waals surface area contributed by atoms with Crippen LogP contribution >= 0.6 is 11.6 Å². The predicted molar refractivity (Wildman–Crippen MR) is 110 cm³/mol. The number of rotatable bonds is 5. The zero-order valence-corrected chi connectivity index (χ0v) is 17.3. The van der Waals surface area contributed by atoms with Crippen molar-refractivity contribution in [1.29, 1.82) is 0 Å². The topological polar surface area (TPSA) is 102 Å². The number of amides is 1. The van der Waals surface area contributed by atoms with Crippen molar-refractivity contribution >= 4 is 23.2 Å². The van der Waals surface area contributed by atoms with Crippen molar-refractivity contribution in [2.24, 2.45) is 0 Å². The molecule has 0 spiro atoms. The number of hydrogen-bond donors (Lipinski definition) is 2. The summed E-state index contributed by atoms with van der Waals surface area (Å²) >= 11 is 5.88. The number of nitrogens with one attached hydrogen (secondary N) is 2. The van der Waals surface area contributed by atoms with Gasteiger partial charge in [-0.2, -0.15) is 13.2 Å². The summed E-state index contributed by atoms with van der Waals surface area (Å²) in [5.41, 5.74) is -3.72. The summed E-state index contributed by atoms with van der Waals surface area (Å²) in [6.45, 7) is 0. The second-order valence-electron chi connectivity index (χ2n) is 6.33. The molecule has 12 heteroatoms. The van der Waals surface area contributed by atoms with Gasteiger partial charge in [0.05, 0.1) is 36.2 Å². The average molecular weight is 470 g/mol. The fourth-order valence-electron chi connectivity index (χ4n) is 2.82. The molecule has 168 valence electrons. The maximum Gasteiger partial charge on any atom is 0.416 e. The predicted octanol–water partition coefficient (Wildman–Crippen LogP) is 3.47. The molecule has 0 aliphatic rings. The van der Waals surface area contributed by atoms with Gasteiger partial charge in [0.1, 0.15) is 5.56 Å². The highest BCUT2D eigenvalue weighted by atomic mass is 35.5. The number of benzene rings is 2. The van der Waals surface area contributed by atoms with E-state index in [4.69, 9.17) is 21.1 Å². The maximum atomic E-state index is 13.0. The van der Waals surface area contributed by atoms with E-state index in [9.17, 15) is 27.6 Å². The van der Waals surface area contributed by atoms with E-state index in [-0.39, 0.29) is 22.1 Å². The molecule has 0 saturated carbocycles. The lowest BCUT2D eigenvalue weighted by Gasteiger charge is -2.13. The molecule has 0 bridgehead atoms. The molecule has 0 saturated heterocycles. The Morgan fingerprint density at radius 1 is 1.06 bits per heavy atom. The van der Waals surface area contributed by atoms with Crippen LogP contribution in [0.25, 0.3) is 5.69 Å². The van der Waals surface area contributed by atoms with Crippen LogP contribution in [0.4, 0.5) is 18.9 Å². The molecule has 1 aromatic heterocycles. The summed E-state index contributed by atoms with van der Waals surface area (Å²) in [6, 6.07) is 6.55. The quantitative estimate of drug-likeness (QED) is 0.595. The first-order chi connectivity index (χ1) is 15.1. The summed E-state index contributed by atoms with van der Waals surface area (Å²) in [5, 5.41) is 2.00. The molecular formula is C20H15ClF3N3O5. The Morgan fingerprint density at radius 3 is 2.38 bits per heavy atom. The highest BCUT2D eigenvalue weighted by Crippen LogP contribution is 2.34. The summed E-state index contributed by atoms with van der Waals surface area (Å²) in [4.78, 5) is 40.1. The molecule has 32 heavy (non-hydrogen) atoms. The minimum atomic E-state index is -4.66. The van der Waals surface area contributed by atoms with Crippen molar-refractivity contribution in [3.8, 4) is 17.2 Å². The molecule has 0 atom stereocenters. The van der Waals surface area contributed by atoms with Crippen LogP contribution in [0.3, 0.4) is 0 Å². The minimum Gasteiger partial charge on any atom is -0.493 e. The van der Waals surface area contributed by atoms with Crippen LogP contribution in [0.15, 0.2) is 52.2 Å². The summed E-state index contributed by atoms with van der Waals surface area (Å²) < 4.78 is 49.8. The Bertz CT molecular complexity index is 1300. The van der Waals surface area contributed by atoms with Crippen molar-refractivity contribution in [2.75, 3.05) is 19.5 Å². The number of H-pyrrole nitrogens is 1.